The Kier molecular flexibility index (Phi) is 8.55. The van der Waals surface area contributed by atoms with E-state index < -0.39 is 11.5 Å². The van der Waals surface area contributed by atoms with Crippen LogP contribution in [0.4, 0.5) is 0 Å². The van der Waals surface area contributed by atoms with Gasteiger partial charge in [-0.25, -0.2) is 0 Å². The van der Waals surface area contributed by atoms with E-state index in [-0.39, 0.29) is 30.9 Å². The molecule has 0 N–H and O–H groups in total. The number of rotatable bonds is 9. The van der Waals surface area contributed by atoms with Gasteiger partial charge in [0.2, 0.25) is 0 Å². The number of amides is 2. The number of carbonyl (C=O) groups is 3. The largest absolute Gasteiger partial charge is 0.472 e. The fourth-order valence-electron chi connectivity index (χ4n) is 5.12. The summed E-state index contributed by atoms with van der Waals surface area (Å²) in [5.41, 5.74) is 0.946. The van der Waals surface area contributed by atoms with E-state index in [0.29, 0.717) is 34.9 Å². The molecule has 7 nitrogen and oxygen atoms in total. The maximum atomic E-state index is 13.3. The van der Waals surface area contributed by atoms with Crippen molar-refractivity contribution in [3.05, 3.63) is 64.2 Å². The van der Waals surface area contributed by atoms with Gasteiger partial charge in [-0.3, -0.25) is 14.4 Å². The summed E-state index contributed by atoms with van der Waals surface area (Å²) in [6.45, 7) is 7.88. The summed E-state index contributed by atoms with van der Waals surface area (Å²) in [5.74, 6) is -0.161. The Hall–Kier alpha value is -2.90. The van der Waals surface area contributed by atoms with Crippen LogP contribution in [0.2, 0.25) is 5.02 Å². The summed E-state index contributed by atoms with van der Waals surface area (Å²) < 4.78 is 11.7. The maximum absolute atomic E-state index is 13.3. The lowest BCUT2D eigenvalue weighted by molar-refractivity contribution is -0.156. The summed E-state index contributed by atoms with van der Waals surface area (Å²) >= 11 is 6.04. The molecule has 2 unspecified atom stereocenters. The maximum Gasteiger partial charge on any atom is 0.260 e. The molecule has 2 aromatic rings. The van der Waals surface area contributed by atoms with Gasteiger partial charge in [-0.05, 0) is 56.9 Å². The Morgan fingerprint density at radius 2 is 1.81 bits per heavy atom. The van der Waals surface area contributed by atoms with E-state index in [9.17, 15) is 14.4 Å². The van der Waals surface area contributed by atoms with Gasteiger partial charge in [0.15, 0.2) is 12.5 Å². The Morgan fingerprint density at radius 1 is 1.11 bits per heavy atom. The van der Waals surface area contributed by atoms with Crippen LogP contribution in [-0.4, -0.2) is 66.0 Å². The lowest BCUT2D eigenvalue weighted by atomic mass is 9.91. The van der Waals surface area contributed by atoms with E-state index in [1.807, 2.05) is 30.9 Å². The molecular weight excluding hydrogens is 492 g/mol. The van der Waals surface area contributed by atoms with Crippen molar-refractivity contribution in [1.29, 1.82) is 0 Å². The third-order valence-electron chi connectivity index (χ3n) is 7.12. The normalized spacial score (nSPS) is 18.0. The highest BCUT2D eigenvalue weighted by atomic mass is 35.5. The van der Waals surface area contributed by atoms with E-state index in [2.05, 4.69) is 0 Å². The van der Waals surface area contributed by atoms with Gasteiger partial charge in [-0.15, -0.1) is 0 Å². The molecule has 2 atom stereocenters. The van der Waals surface area contributed by atoms with Crippen molar-refractivity contribution in [2.75, 3.05) is 33.0 Å². The smallest absolute Gasteiger partial charge is 0.260 e. The van der Waals surface area contributed by atoms with E-state index in [0.717, 1.165) is 37.9 Å². The SMILES string of the molecule is CCOC(C)(Cc1ccc(C(=O)C(C)CN2COc3ccc(Cl)cc3C2=O)cc1)C(=O)N1CCCCC1. The first kappa shape index (κ1) is 27.1. The van der Waals surface area contributed by atoms with Crippen molar-refractivity contribution in [3.63, 3.8) is 0 Å². The topological polar surface area (TPSA) is 76.1 Å². The standard InChI is InChI=1S/C29H35ClN2O5/c1-4-37-29(3,28(35)31-14-6-5-7-15-31)17-21-8-10-22(11-9-21)26(33)20(2)18-32-19-36-25-13-12-23(30)16-24(25)27(32)34/h8-13,16,20H,4-7,14-15,17-19H2,1-3H3. The number of nitrogens with zero attached hydrogens (tertiary/aromatic N) is 2. The number of ether oxygens (including phenoxy) is 2. The molecule has 2 aliphatic heterocycles. The minimum Gasteiger partial charge on any atom is -0.472 e. The minimum absolute atomic E-state index is 0.0269. The Labute approximate surface area is 223 Å². The molecule has 2 heterocycles. The number of benzene rings is 2. The Morgan fingerprint density at radius 3 is 2.49 bits per heavy atom. The predicted molar refractivity (Wildman–Crippen MR) is 142 cm³/mol. The molecule has 8 heteroatoms. The number of Topliss-reactive ketones (excluding diaryl/α,β-unsaturated/α-hetero) is 1. The number of fused-ring (bicyclic) bond motifs is 1. The van der Waals surface area contributed by atoms with Crippen LogP contribution in [0, 0.1) is 5.92 Å². The van der Waals surface area contributed by atoms with Crippen LogP contribution in [0.15, 0.2) is 42.5 Å². The molecular formula is C29H35ClN2O5. The zero-order valence-electron chi connectivity index (χ0n) is 21.8. The number of hydrogen-bond acceptors (Lipinski definition) is 5. The zero-order chi connectivity index (χ0) is 26.6. The molecule has 2 aromatic carbocycles. The van der Waals surface area contributed by atoms with Crippen LogP contribution in [-0.2, 0) is 16.0 Å². The second-order valence-electron chi connectivity index (χ2n) is 10.1. The van der Waals surface area contributed by atoms with Crippen LogP contribution in [0.5, 0.6) is 5.75 Å². The minimum atomic E-state index is -0.946. The molecule has 2 aliphatic rings. The first-order valence-corrected chi connectivity index (χ1v) is 13.4. The van der Waals surface area contributed by atoms with Crippen LogP contribution in [0.3, 0.4) is 0 Å². The Balaban J connectivity index is 1.40. The van der Waals surface area contributed by atoms with Gasteiger partial charge in [0, 0.05) is 49.2 Å². The summed E-state index contributed by atoms with van der Waals surface area (Å²) in [5, 5.41) is 0.458. The van der Waals surface area contributed by atoms with Crippen molar-refractivity contribution in [3.8, 4) is 5.75 Å². The number of hydrogen-bond donors (Lipinski definition) is 0. The zero-order valence-corrected chi connectivity index (χ0v) is 22.6. The molecule has 0 aromatic heterocycles. The third-order valence-corrected chi connectivity index (χ3v) is 7.35. The molecule has 1 fully saturated rings. The van der Waals surface area contributed by atoms with Crippen molar-refractivity contribution in [2.24, 2.45) is 5.92 Å². The molecule has 1 saturated heterocycles. The summed E-state index contributed by atoms with van der Waals surface area (Å²) in [6.07, 6.45) is 3.64. The monoisotopic (exact) mass is 526 g/mol. The van der Waals surface area contributed by atoms with E-state index in [1.54, 1.807) is 37.3 Å². The molecule has 0 aliphatic carbocycles. The van der Waals surface area contributed by atoms with E-state index in [4.69, 9.17) is 21.1 Å². The molecule has 0 spiro atoms. The van der Waals surface area contributed by atoms with E-state index in [1.165, 1.54) is 4.90 Å². The fourth-order valence-corrected chi connectivity index (χ4v) is 5.29. The average Bonchev–Trinajstić information content (AvgIpc) is 2.90. The fraction of sp³-hybridized carbons (Fsp3) is 0.483. The van der Waals surface area contributed by atoms with Crippen LogP contribution < -0.4 is 4.74 Å². The summed E-state index contributed by atoms with van der Waals surface area (Å²) in [6, 6.07) is 12.3. The first-order chi connectivity index (χ1) is 17.7. The highest BCUT2D eigenvalue weighted by molar-refractivity contribution is 6.31. The molecule has 2 amide bonds. The molecule has 0 bridgehead atoms. The third kappa shape index (κ3) is 6.16. The highest BCUT2D eigenvalue weighted by Gasteiger charge is 2.38. The highest BCUT2D eigenvalue weighted by Crippen LogP contribution is 2.29. The quantitative estimate of drug-likeness (QED) is 0.430. The molecule has 0 radical (unpaired) electrons. The molecule has 37 heavy (non-hydrogen) atoms. The van der Waals surface area contributed by atoms with Crippen LogP contribution >= 0.6 is 11.6 Å². The lowest BCUT2D eigenvalue weighted by Crippen LogP contribution is -2.51. The number of carbonyl (C=O) groups excluding carboxylic acids is 3. The molecule has 0 saturated carbocycles. The number of piperidine rings is 1. The average molecular weight is 527 g/mol. The second kappa shape index (κ2) is 11.7. The van der Waals surface area contributed by atoms with Gasteiger partial charge in [-0.1, -0.05) is 42.8 Å². The van der Waals surface area contributed by atoms with Gasteiger partial charge >= 0.3 is 0 Å². The first-order valence-electron chi connectivity index (χ1n) is 13.0. The number of ketones is 1. The second-order valence-corrected chi connectivity index (χ2v) is 10.5. The van der Waals surface area contributed by atoms with E-state index >= 15 is 0 Å². The molecule has 198 valence electrons. The van der Waals surface area contributed by atoms with Crippen molar-refractivity contribution >= 4 is 29.2 Å². The predicted octanol–water partition coefficient (Wildman–Crippen LogP) is 5.00. The van der Waals surface area contributed by atoms with Gasteiger partial charge in [0.05, 0.1) is 5.56 Å². The van der Waals surface area contributed by atoms with Crippen molar-refractivity contribution < 1.29 is 23.9 Å². The summed E-state index contributed by atoms with van der Waals surface area (Å²) in [7, 11) is 0. The Bertz CT molecular complexity index is 1150. The van der Waals surface area contributed by atoms with Crippen LogP contribution in [0.25, 0.3) is 0 Å². The van der Waals surface area contributed by atoms with Gasteiger partial charge in [0.25, 0.3) is 11.8 Å². The number of halogens is 1. The lowest BCUT2D eigenvalue weighted by Gasteiger charge is -2.36. The van der Waals surface area contributed by atoms with Crippen molar-refractivity contribution in [1.82, 2.24) is 9.80 Å². The number of likely N-dealkylation sites (tertiary alicyclic amines) is 1. The van der Waals surface area contributed by atoms with Gasteiger partial charge in [-0.2, -0.15) is 0 Å². The summed E-state index contributed by atoms with van der Waals surface area (Å²) in [4.78, 5) is 42.8. The van der Waals surface area contributed by atoms with Crippen LogP contribution in [0.1, 0.15) is 66.3 Å². The van der Waals surface area contributed by atoms with Crippen molar-refractivity contribution in [2.45, 2.75) is 52.1 Å². The molecule has 4 rings (SSSR count). The van der Waals surface area contributed by atoms with Gasteiger partial charge in [0.1, 0.15) is 11.4 Å². The van der Waals surface area contributed by atoms with Gasteiger partial charge < -0.3 is 19.3 Å².